The maximum absolute atomic E-state index is 3.55. The van der Waals surface area contributed by atoms with Crippen molar-refractivity contribution in [3.8, 4) is 0 Å². The van der Waals surface area contributed by atoms with Crippen LogP contribution in [-0.2, 0) is 21.7 Å². The van der Waals surface area contributed by atoms with E-state index in [1.165, 1.54) is 52.0 Å². The number of halogens is 3. The molecule has 23 heavy (non-hydrogen) atoms. The molecule has 8 heteroatoms. The molecule has 4 nitrogen and oxygen atoms in total. The van der Waals surface area contributed by atoms with Crippen LogP contribution in [0.5, 0.6) is 0 Å². The normalized spacial score (nSPS) is 21.0. The largest absolute Gasteiger partial charge is 4.00 e. The minimum atomic E-state index is 0. The van der Waals surface area contributed by atoms with Crippen molar-refractivity contribution in [3.05, 3.63) is 6.54 Å². The first-order valence-corrected chi connectivity index (χ1v) is 7.80. The fraction of sp³-hybridized carbons (Fsp3) is 0.933. The zero-order valence-electron chi connectivity index (χ0n) is 14.8. The Morgan fingerprint density at radius 3 is 1.74 bits per heavy atom. The summed E-state index contributed by atoms with van der Waals surface area (Å²) >= 11 is 0. The second-order valence-electron chi connectivity index (χ2n) is 5.87. The molecule has 0 atom stereocenters. The Balaban J connectivity index is -0.000000451. The van der Waals surface area contributed by atoms with Crippen molar-refractivity contribution in [1.82, 2.24) is 20.0 Å². The molecule has 0 aromatic heterocycles. The van der Waals surface area contributed by atoms with Crippen LogP contribution in [0.15, 0.2) is 0 Å². The second-order valence-corrected chi connectivity index (χ2v) is 5.87. The molecule has 0 aromatic rings. The Labute approximate surface area is 177 Å². The predicted molar refractivity (Wildman–Crippen MR) is 83.3 cm³/mol. The van der Waals surface area contributed by atoms with Gasteiger partial charge in [-0.15, -0.1) is 0 Å². The molecule has 0 spiro atoms. The molecule has 1 N–H and O–H groups in total. The third-order valence-electron chi connectivity index (χ3n) is 3.79. The molecular weight excluding hydrogens is 390 g/mol. The van der Waals surface area contributed by atoms with Crippen LogP contribution in [0.25, 0.3) is 0 Å². The smallest absolute Gasteiger partial charge is 1.00 e. The van der Waals surface area contributed by atoms with Crippen molar-refractivity contribution in [2.75, 3.05) is 67.0 Å². The van der Waals surface area contributed by atoms with Crippen molar-refractivity contribution < 1.29 is 58.9 Å². The third kappa shape index (κ3) is 19.6. The van der Waals surface area contributed by atoms with E-state index >= 15 is 0 Å². The average Bonchev–Trinajstić information content (AvgIpc) is 2.36. The Bertz CT molecular complexity index is 209. The molecule has 1 aliphatic heterocycles. The number of nitrogens with zero attached hydrogens (tertiary/aromatic N) is 3. The van der Waals surface area contributed by atoms with Crippen LogP contribution in [0.3, 0.4) is 0 Å². The summed E-state index contributed by atoms with van der Waals surface area (Å²) < 4.78 is 0. The van der Waals surface area contributed by atoms with Crippen LogP contribution in [0.2, 0.25) is 0 Å². The fourth-order valence-electron chi connectivity index (χ4n) is 2.48. The maximum atomic E-state index is 3.55. The first kappa shape index (κ1) is 32.1. The number of rotatable bonds is 0. The van der Waals surface area contributed by atoms with Gasteiger partial charge >= 0.3 is 21.7 Å². The van der Waals surface area contributed by atoms with Crippen LogP contribution >= 0.6 is 0 Å². The summed E-state index contributed by atoms with van der Waals surface area (Å²) in [7, 11) is 6.67. The van der Waals surface area contributed by atoms with Gasteiger partial charge in [0.2, 0.25) is 0 Å². The molecule has 1 rings (SSSR count). The van der Waals surface area contributed by atoms with E-state index in [0.717, 1.165) is 19.5 Å². The van der Waals surface area contributed by atoms with Crippen LogP contribution in [-0.4, -0.2) is 81.7 Å². The Kier molecular flexibility index (Phi) is 30.0. The van der Waals surface area contributed by atoms with Gasteiger partial charge in [-0.25, -0.2) is 0 Å². The second kappa shape index (κ2) is 21.5. The van der Waals surface area contributed by atoms with Gasteiger partial charge in [0.05, 0.1) is 0 Å². The van der Waals surface area contributed by atoms with E-state index in [1.54, 1.807) is 0 Å². The van der Waals surface area contributed by atoms with E-state index in [4.69, 9.17) is 0 Å². The van der Waals surface area contributed by atoms with Gasteiger partial charge in [-0.3, -0.25) is 6.54 Å². The van der Waals surface area contributed by atoms with Crippen molar-refractivity contribution >= 4 is 0 Å². The summed E-state index contributed by atoms with van der Waals surface area (Å²) in [5.74, 6) is 0. The van der Waals surface area contributed by atoms with E-state index < -0.39 is 0 Å². The van der Waals surface area contributed by atoms with Gasteiger partial charge < -0.3 is 57.2 Å². The molecular formula is C15H33Cl3N4Ti. The summed E-state index contributed by atoms with van der Waals surface area (Å²) in [6, 6.07) is 0. The van der Waals surface area contributed by atoms with Crippen molar-refractivity contribution in [3.63, 3.8) is 0 Å². The van der Waals surface area contributed by atoms with Crippen molar-refractivity contribution in [2.45, 2.75) is 25.7 Å². The minimum absolute atomic E-state index is 0. The van der Waals surface area contributed by atoms with Gasteiger partial charge in [0.25, 0.3) is 0 Å². The van der Waals surface area contributed by atoms with E-state index in [0.29, 0.717) is 0 Å². The molecule has 0 amide bonds. The van der Waals surface area contributed by atoms with Crippen LogP contribution in [0.4, 0.5) is 0 Å². The van der Waals surface area contributed by atoms with E-state index in [1.807, 2.05) is 0 Å². The van der Waals surface area contributed by atoms with Gasteiger partial charge in [0.15, 0.2) is 0 Å². The van der Waals surface area contributed by atoms with Gasteiger partial charge in [-0.05, 0) is 86.2 Å². The molecule has 0 unspecified atom stereocenters. The molecule has 1 heterocycles. The van der Waals surface area contributed by atoms with Crippen LogP contribution < -0.4 is 42.5 Å². The number of hydrogen-bond donors (Lipinski definition) is 1. The zero-order valence-corrected chi connectivity index (χ0v) is 18.7. The van der Waals surface area contributed by atoms with E-state index in [2.05, 4.69) is 47.7 Å². The topological polar surface area (TPSA) is 21.8 Å². The first-order valence-electron chi connectivity index (χ1n) is 7.80. The molecule has 1 aliphatic rings. The van der Waals surface area contributed by atoms with Crippen molar-refractivity contribution in [1.29, 1.82) is 0 Å². The number of nitrogens with one attached hydrogen (secondary N) is 1. The van der Waals surface area contributed by atoms with Gasteiger partial charge in [0, 0.05) is 0 Å². The Hall–Kier alpha value is 1.42. The Morgan fingerprint density at radius 2 is 1.17 bits per heavy atom. The summed E-state index contributed by atoms with van der Waals surface area (Å²) in [6.45, 7) is 10.6. The third-order valence-corrected chi connectivity index (χ3v) is 3.79. The molecule has 1 saturated heterocycles. The Morgan fingerprint density at radius 1 is 0.696 bits per heavy atom. The quantitative estimate of drug-likeness (QED) is 0.309. The van der Waals surface area contributed by atoms with Gasteiger partial charge in [0.1, 0.15) is 0 Å². The number of hydrogen-bond acceptors (Lipinski definition) is 4. The molecule has 0 aliphatic carbocycles. The maximum Gasteiger partial charge on any atom is 4.00 e. The molecule has 1 fully saturated rings. The standard InChI is InChI=1S/C15H33N4.3ClH.Ti/c1-17-10-4-8-16-9-5-11-18(2)13-7-15-19(3)14-6-12-17;;;;/h14,16H,4-13,15H2,1-3H3;3*1H;/q-1;;;;+4/p-3. The summed E-state index contributed by atoms with van der Waals surface area (Å²) in [6.07, 6.45) is 4.93. The van der Waals surface area contributed by atoms with Gasteiger partial charge in [-0.2, -0.15) is 6.42 Å². The van der Waals surface area contributed by atoms with Crippen LogP contribution in [0, 0.1) is 6.54 Å². The summed E-state index contributed by atoms with van der Waals surface area (Å²) in [4.78, 5) is 7.25. The van der Waals surface area contributed by atoms with Crippen LogP contribution in [0.1, 0.15) is 25.7 Å². The fourth-order valence-corrected chi connectivity index (χ4v) is 2.48. The van der Waals surface area contributed by atoms with E-state index in [9.17, 15) is 0 Å². The average molecular weight is 424 g/mol. The first-order chi connectivity index (χ1) is 9.18. The molecule has 0 saturated carbocycles. The SMILES string of the molecule is CN1[CH-]CCN(C)CCCNCCCN(C)CCC1.[Cl-].[Cl-].[Cl-].[Ti+4]. The summed E-state index contributed by atoms with van der Waals surface area (Å²) in [5.41, 5.74) is 0. The molecule has 0 bridgehead atoms. The molecule has 138 valence electrons. The van der Waals surface area contributed by atoms with Gasteiger partial charge in [-0.1, -0.05) is 0 Å². The van der Waals surface area contributed by atoms with E-state index in [-0.39, 0.29) is 58.9 Å². The predicted octanol–water partition coefficient (Wildman–Crippen LogP) is -7.88. The zero-order chi connectivity index (χ0) is 13.9. The minimum Gasteiger partial charge on any atom is -1.00 e. The molecule has 0 aromatic carbocycles. The summed E-state index contributed by atoms with van der Waals surface area (Å²) in [5, 5.41) is 3.55. The van der Waals surface area contributed by atoms with Crippen molar-refractivity contribution in [2.24, 2.45) is 0 Å². The monoisotopic (exact) mass is 422 g/mol. The molecule has 0 radical (unpaired) electrons.